The van der Waals surface area contributed by atoms with E-state index in [0.717, 1.165) is 10.2 Å². The molecule has 1 aromatic carbocycles. The maximum absolute atomic E-state index is 11.5. The van der Waals surface area contributed by atoms with Crippen LogP contribution in [0.5, 0.6) is 0 Å². The van der Waals surface area contributed by atoms with Crippen LogP contribution in [0.15, 0.2) is 41.0 Å². The molecule has 1 atom stereocenters. The first-order valence-electron chi connectivity index (χ1n) is 6.83. The van der Waals surface area contributed by atoms with Crippen molar-refractivity contribution in [1.29, 1.82) is 0 Å². The van der Waals surface area contributed by atoms with Crippen LogP contribution in [-0.4, -0.2) is 35.9 Å². The molecule has 3 rings (SSSR count). The van der Waals surface area contributed by atoms with E-state index in [1.807, 2.05) is 24.3 Å². The lowest BCUT2D eigenvalue weighted by atomic mass is 10.2. The summed E-state index contributed by atoms with van der Waals surface area (Å²) in [6.07, 6.45) is 2.25. The van der Waals surface area contributed by atoms with Gasteiger partial charge in [0.15, 0.2) is 9.84 Å². The standard InChI is InChI=1S/C14H15BrN4O2S/c15-11-3-1-2-4-12(11)18-14-16-7-5-13(19-14)17-10-6-8-22(20,21)9-10/h1-5,7,10H,6,8-9H2,(H2,16,17,18,19). The minimum Gasteiger partial charge on any atom is -0.366 e. The zero-order valence-corrected chi connectivity index (χ0v) is 14.1. The summed E-state index contributed by atoms with van der Waals surface area (Å²) in [6.45, 7) is 0. The van der Waals surface area contributed by atoms with Crippen molar-refractivity contribution in [3.8, 4) is 0 Å². The van der Waals surface area contributed by atoms with Gasteiger partial charge in [0.05, 0.1) is 17.2 Å². The molecule has 0 radical (unpaired) electrons. The van der Waals surface area contributed by atoms with Gasteiger partial charge in [0, 0.05) is 16.7 Å². The fourth-order valence-corrected chi connectivity index (χ4v) is 4.36. The zero-order valence-electron chi connectivity index (χ0n) is 11.7. The SMILES string of the molecule is O=S1(=O)CCC(Nc2ccnc(Nc3ccccc3Br)n2)C1. The molecular weight excluding hydrogens is 368 g/mol. The Bertz CT molecular complexity index is 782. The van der Waals surface area contributed by atoms with E-state index < -0.39 is 9.84 Å². The summed E-state index contributed by atoms with van der Waals surface area (Å²) in [6, 6.07) is 9.32. The van der Waals surface area contributed by atoms with Gasteiger partial charge >= 0.3 is 0 Å². The number of nitrogens with one attached hydrogen (secondary N) is 2. The Hall–Kier alpha value is -1.67. The third-order valence-electron chi connectivity index (χ3n) is 3.36. The summed E-state index contributed by atoms with van der Waals surface area (Å²) in [5, 5.41) is 6.28. The van der Waals surface area contributed by atoms with Crippen molar-refractivity contribution < 1.29 is 8.42 Å². The molecule has 0 saturated carbocycles. The van der Waals surface area contributed by atoms with Gasteiger partial charge in [-0.25, -0.2) is 13.4 Å². The number of sulfone groups is 1. The highest BCUT2D eigenvalue weighted by Gasteiger charge is 2.27. The first-order chi connectivity index (χ1) is 10.5. The van der Waals surface area contributed by atoms with Gasteiger partial charge in [-0.15, -0.1) is 0 Å². The highest BCUT2D eigenvalue weighted by Crippen LogP contribution is 2.24. The lowest BCUT2D eigenvalue weighted by Gasteiger charge is -2.12. The predicted octanol–water partition coefficient (Wildman–Crippen LogP) is 2.58. The average Bonchev–Trinajstić information content (AvgIpc) is 2.81. The Morgan fingerprint density at radius 2 is 2.05 bits per heavy atom. The van der Waals surface area contributed by atoms with Gasteiger partial charge in [-0.05, 0) is 40.5 Å². The second-order valence-corrected chi connectivity index (χ2v) is 8.20. The van der Waals surface area contributed by atoms with Gasteiger partial charge in [-0.1, -0.05) is 12.1 Å². The number of nitrogens with zero attached hydrogens (tertiary/aromatic N) is 2. The van der Waals surface area contributed by atoms with Gasteiger partial charge < -0.3 is 10.6 Å². The number of para-hydroxylation sites is 1. The van der Waals surface area contributed by atoms with Crippen molar-refractivity contribution in [2.45, 2.75) is 12.5 Å². The average molecular weight is 383 g/mol. The third-order valence-corrected chi connectivity index (χ3v) is 5.82. The van der Waals surface area contributed by atoms with E-state index in [1.54, 1.807) is 12.3 Å². The molecule has 22 heavy (non-hydrogen) atoms. The zero-order chi connectivity index (χ0) is 15.6. The second-order valence-electron chi connectivity index (χ2n) is 5.11. The number of anilines is 3. The Morgan fingerprint density at radius 1 is 1.23 bits per heavy atom. The van der Waals surface area contributed by atoms with Crippen LogP contribution >= 0.6 is 15.9 Å². The predicted molar refractivity (Wildman–Crippen MR) is 90.1 cm³/mol. The molecule has 0 spiro atoms. The number of halogens is 1. The summed E-state index contributed by atoms with van der Waals surface area (Å²) in [4.78, 5) is 8.55. The summed E-state index contributed by atoms with van der Waals surface area (Å²) < 4.78 is 23.9. The molecule has 2 heterocycles. The summed E-state index contributed by atoms with van der Waals surface area (Å²) in [7, 11) is -2.91. The lowest BCUT2D eigenvalue weighted by Crippen LogP contribution is -2.21. The highest BCUT2D eigenvalue weighted by atomic mass is 79.9. The monoisotopic (exact) mass is 382 g/mol. The van der Waals surface area contributed by atoms with Crippen molar-refractivity contribution in [3.05, 3.63) is 41.0 Å². The van der Waals surface area contributed by atoms with Gasteiger partial charge in [-0.3, -0.25) is 0 Å². The molecule has 0 aliphatic carbocycles. The van der Waals surface area contributed by atoms with Crippen molar-refractivity contribution in [2.75, 3.05) is 22.1 Å². The molecule has 1 unspecified atom stereocenters. The van der Waals surface area contributed by atoms with Gasteiger partial charge in [0.25, 0.3) is 0 Å². The second kappa shape index (κ2) is 6.21. The molecule has 0 bridgehead atoms. The van der Waals surface area contributed by atoms with E-state index in [4.69, 9.17) is 0 Å². The van der Waals surface area contributed by atoms with Gasteiger partial charge in [0.2, 0.25) is 5.95 Å². The van der Waals surface area contributed by atoms with E-state index in [1.165, 1.54) is 0 Å². The van der Waals surface area contributed by atoms with Crippen molar-refractivity contribution in [2.24, 2.45) is 0 Å². The number of hydrogen-bond acceptors (Lipinski definition) is 6. The van der Waals surface area contributed by atoms with Crippen molar-refractivity contribution in [3.63, 3.8) is 0 Å². The minimum atomic E-state index is -2.91. The maximum atomic E-state index is 11.5. The molecule has 6 nitrogen and oxygen atoms in total. The molecule has 1 fully saturated rings. The van der Waals surface area contributed by atoms with Gasteiger partial charge in [-0.2, -0.15) is 4.98 Å². The first-order valence-corrected chi connectivity index (χ1v) is 9.45. The first kappa shape index (κ1) is 15.2. The Morgan fingerprint density at radius 3 is 2.77 bits per heavy atom. The normalized spacial score (nSPS) is 19.8. The Labute approximate surface area is 137 Å². The van der Waals surface area contributed by atoms with Crippen LogP contribution in [0.25, 0.3) is 0 Å². The molecule has 2 N–H and O–H groups in total. The number of hydrogen-bond donors (Lipinski definition) is 2. The minimum absolute atomic E-state index is 0.0868. The van der Waals surface area contributed by atoms with Crippen LogP contribution in [0.3, 0.4) is 0 Å². The van der Waals surface area contributed by atoms with Crippen molar-refractivity contribution >= 4 is 43.2 Å². The molecule has 1 aliphatic heterocycles. The summed E-state index contributed by atoms with van der Waals surface area (Å²) in [5.41, 5.74) is 0.864. The summed E-state index contributed by atoms with van der Waals surface area (Å²) >= 11 is 3.46. The largest absolute Gasteiger partial charge is 0.366 e. The van der Waals surface area contributed by atoms with Crippen LogP contribution in [0.2, 0.25) is 0 Å². The van der Waals surface area contributed by atoms with Crippen LogP contribution < -0.4 is 10.6 Å². The topological polar surface area (TPSA) is 84.0 Å². The Balaban J connectivity index is 1.72. The lowest BCUT2D eigenvalue weighted by molar-refractivity contribution is 0.602. The number of rotatable bonds is 4. The van der Waals surface area contributed by atoms with Crippen LogP contribution in [0, 0.1) is 0 Å². The maximum Gasteiger partial charge on any atom is 0.229 e. The quantitative estimate of drug-likeness (QED) is 0.845. The van der Waals surface area contributed by atoms with E-state index in [2.05, 4.69) is 36.5 Å². The Kier molecular flexibility index (Phi) is 4.30. The molecule has 0 amide bonds. The van der Waals surface area contributed by atoms with E-state index >= 15 is 0 Å². The van der Waals surface area contributed by atoms with Crippen molar-refractivity contribution in [1.82, 2.24) is 9.97 Å². The van der Waals surface area contributed by atoms with E-state index in [0.29, 0.717) is 18.2 Å². The molecule has 1 saturated heterocycles. The van der Waals surface area contributed by atoms with Crippen LogP contribution in [0.1, 0.15) is 6.42 Å². The number of benzene rings is 1. The molecule has 2 aromatic rings. The van der Waals surface area contributed by atoms with E-state index in [9.17, 15) is 8.42 Å². The molecule has 1 aromatic heterocycles. The fourth-order valence-electron chi connectivity index (χ4n) is 2.30. The van der Waals surface area contributed by atoms with Crippen LogP contribution in [0.4, 0.5) is 17.5 Å². The van der Waals surface area contributed by atoms with Gasteiger partial charge in [0.1, 0.15) is 5.82 Å². The molecule has 1 aliphatic rings. The highest BCUT2D eigenvalue weighted by molar-refractivity contribution is 9.10. The third kappa shape index (κ3) is 3.75. The smallest absolute Gasteiger partial charge is 0.229 e. The molecular formula is C14H15BrN4O2S. The number of aromatic nitrogens is 2. The molecule has 8 heteroatoms. The van der Waals surface area contributed by atoms with E-state index in [-0.39, 0.29) is 17.5 Å². The summed E-state index contributed by atoms with van der Waals surface area (Å²) in [5.74, 6) is 1.46. The van der Waals surface area contributed by atoms with Crippen LogP contribution in [-0.2, 0) is 9.84 Å². The molecule has 116 valence electrons. The fraction of sp³-hybridized carbons (Fsp3) is 0.286.